The van der Waals surface area contributed by atoms with Gasteiger partial charge in [0.25, 0.3) is 0 Å². The van der Waals surface area contributed by atoms with Crippen LogP contribution >= 0.6 is 0 Å². The van der Waals surface area contributed by atoms with Crippen molar-refractivity contribution in [2.24, 2.45) is 0 Å². The molecule has 3 aromatic rings. The molecule has 4 rings (SSSR count). The fraction of sp³-hybridized carbons (Fsp3) is 0.417. The van der Waals surface area contributed by atoms with E-state index < -0.39 is 0 Å². The summed E-state index contributed by atoms with van der Waals surface area (Å²) in [6.07, 6.45) is 9.42. The number of benzene rings is 3. The maximum atomic E-state index is 13.5. The van der Waals surface area contributed by atoms with Gasteiger partial charge < -0.3 is 9.64 Å². The molecule has 1 atom stereocenters. The van der Waals surface area contributed by atoms with Gasteiger partial charge in [-0.3, -0.25) is 4.79 Å². The predicted octanol–water partition coefficient (Wildman–Crippen LogP) is 8.73. The van der Waals surface area contributed by atoms with Gasteiger partial charge in [-0.2, -0.15) is 0 Å². The Balaban J connectivity index is 1.72. The first kappa shape index (κ1) is 28.8. The molecular weight excluding hydrogens is 478 g/mol. The van der Waals surface area contributed by atoms with Crippen LogP contribution in [-0.2, 0) is 11.2 Å². The molecule has 1 fully saturated rings. The van der Waals surface area contributed by atoms with Gasteiger partial charge in [-0.15, -0.1) is 0 Å². The largest absolute Gasteiger partial charge is 0.496 e. The van der Waals surface area contributed by atoms with Crippen LogP contribution in [0.3, 0.4) is 0 Å². The van der Waals surface area contributed by atoms with E-state index in [2.05, 4.69) is 87.3 Å². The molecule has 1 saturated heterocycles. The highest BCUT2D eigenvalue weighted by Crippen LogP contribution is 2.37. The van der Waals surface area contributed by atoms with E-state index in [1.165, 1.54) is 43.4 Å². The summed E-state index contributed by atoms with van der Waals surface area (Å²) in [6, 6.07) is 21.7. The zero-order chi connectivity index (χ0) is 27.8. The van der Waals surface area contributed by atoms with Crippen molar-refractivity contribution in [1.29, 1.82) is 0 Å². The molecule has 1 heterocycles. The van der Waals surface area contributed by atoms with Gasteiger partial charge in [0, 0.05) is 17.6 Å². The molecule has 0 N–H and O–H groups in total. The highest BCUT2D eigenvalue weighted by Gasteiger charge is 2.19. The van der Waals surface area contributed by atoms with E-state index in [1.54, 1.807) is 7.11 Å². The molecule has 206 valence electrons. The Labute approximate surface area is 235 Å². The van der Waals surface area contributed by atoms with Crippen molar-refractivity contribution in [1.82, 2.24) is 4.90 Å². The van der Waals surface area contributed by atoms with E-state index >= 15 is 0 Å². The number of ether oxygens (including phenoxy) is 1. The predicted molar refractivity (Wildman–Crippen MR) is 165 cm³/mol. The van der Waals surface area contributed by atoms with Crippen LogP contribution < -0.4 is 4.74 Å². The number of rotatable bonds is 9. The summed E-state index contributed by atoms with van der Waals surface area (Å²) in [4.78, 5) is 16.0. The maximum absolute atomic E-state index is 13.5. The first-order valence-electron chi connectivity index (χ1n) is 14.8. The van der Waals surface area contributed by atoms with Gasteiger partial charge >= 0.3 is 0 Å². The van der Waals surface area contributed by atoms with Crippen molar-refractivity contribution in [3.05, 3.63) is 88.5 Å². The number of methoxy groups -OCH3 is 1. The number of hydrogen-bond acceptors (Lipinski definition) is 3. The molecule has 3 aromatic carbocycles. The summed E-state index contributed by atoms with van der Waals surface area (Å²) in [6.45, 7) is 8.71. The molecule has 0 aromatic heterocycles. The quantitative estimate of drug-likeness (QED) is 0.207. The molecule has 0 amide bonds. The second-order valence-corrected chi connectivity index (χ2v) is 11.1. The standard InChI is InChI=1S/C36H45NO2/c1-6-11-34(38)33(24-27-16-19-30(20-17-27)29-12-8-9-22-37(4)23-21-29)32-25-31(18-15-26(32)3)36-28(7-2)13-10-14-35(36)39-5/h10,13-20,24-25,29H,6-9,11-12,21-23H2,1-5H3/b33-24+. The molecule has 0 saturated carbocycles. The number of carbonyl (C=O) groups is 1. The lowest BCUT2D eigenvalue weighted by atomic mass is 9.87. The monoisotopic (exact) mass is 523 g/mol. The van der Waals surface area contributed by atoms with E-state index in [0.717, 1.165) is 58.5 Å². The van der Waals surface area contributed by atoms with Crippen LogP contribution in [0.2, 0.25) is 0 Å². The van der Waals surface area contributed by atoms with Crippen molar-refractivity contribution < 1.29 is 9.53 Å². The van der Waals surface area contributed by atoms with Crippen LogP contribution in [-0.4, -0.2) is 37.9 Å². The number of nitrogens with zero attached hydrogens (tertiary/aromatic N) is 1. The molecule has 39 heavy (non-hydrogen) atoms. The number of likely N-dealkylation sites (tertiary alicyclic amines) is 1. The first-order valence-corrected chi connectivity index (χ1v) is 14.8. The van der Waals surface area contributed by atoms with Crippen molar-refractivity contribution in [3.63, 3.8) is 0 Å². The Kier molecular flexibility index (Phi) is 10.2. The van der Waals surface area contributed by atoms with Gasteiger partial charge in [0.2, 0.25) is 0 Å². The van der Waals surface area contributed by atoms with Crippen molar-refractivity contribution >= 4 is 17.4 Å². The minimum absolute atomic E-state index is 0.195. The molecule has 3 heteroatoms. The highest BCUT2D eigenvalue weighted by atomic mass is 16.5. The molecule has 0 bridgehead atoms. The van der Waals surface area contributed by atoms with Crippen molar-refractivity contribution in [2.75, 3.05) is 27.2 Å². The number of Topliss-reactive ketones (excluding diaryl/α,β-unsaturated/α-hetero) is 1. The molecule has 0 spiro atoms. The average Bonchev–Trinajstić information content (AvgIpc) is 2.94. The summed E-state index contributed by atoms with van der Waals surface area (Å²) >= 11 is 0. The van der Waals surface area contributed by atoms with Gasteiger partial charge in [0.15, 0.2) is 5.78 Å². The van der Waals surface area contributed by atoms with Crippen LogP contribution in [0.1, 0.15) is 86.1 Å². The van der Waals surface area contributed by atoms with Crippen LogP contribution in [0, 0.1) is 6.92 Å². The zero-order valence-electron chi connectivity index (χ0n) is 24.6. The Bertz CT molecular complexity index is 1270. The number of hydrogen-bond donors (Lipinski definition) is 0. The lowest BCUT2D eigenvalue weighted by molar-refractivity contribution is -0.113. The van der Waals surface area contributed by atoms with E-state index in [-0.39, 0.29) is 5.78 Å². The topological polar surface area (TPSA) is 29.5 Å². The minimum atomic E-state index is 0.195. The van der Waals surface area contributed by atoms with E-state index in [1.807, 2.05) is 12.1 Å². The Morgan fingerprint density at radius 2 is 1.79 bits per heavy atom. The first-order chi connectivity index (χ1) is 18.9. The minimum Gasteiger partial charge on any atom is -0.496 e. The van der Waals surface area contributed by atoms with Gasteiger partial charge in [-0.05, 0) is 117 Å². The molecule has 3 nitrogen and oxygen atoms in total. The third kappa shape index (κ3) is 7.08. The summed E-state index contributed by atoms with van der Waals surface area (Å²) in [5.74, 6) is 1.67. The second kappa shape index (κ2) is 13.8. The SMILES string of the molecule is CCCC(=O)/C(=C/c1ccc(C2CCCCN(C)CC2)cc1)c1cc(-c2c(CC)cccc2OC)ccc1C. The maximum Gasteiger partial charge on any atom is 0.163 e. The number of carbonyl (C=O) groups excluding carboxylic acids is 1. The number of aryl methyl sites for hydroxylation is 2. The zero-order valence-corrected chi connectivity index (χ0v) is 24.6. The lowest BCUT2D eigenvalue weighted by Crippen LogP contribution is -2.24. The second-order valence-electron chi connectivity index (χ2n) is 11.1. The summed E-state index contributed by atoms with van der Waals surface area (Å²) in [7, 11) is 3.96. The van der Waals surface area contributed by atoms with Crippen LogP contribution in [0.5, 0.6) is 5.75 Å². The average molecular weight is 524 g/mol. The summed E-state index contributed by atoms with van der Waals surface area (Å²) in [5, 5.41) is 0. The third-order valence-electron chi connectivity index (χ3n) is 8.23. The molecule has 1 aliphatic rings. The lowest BCUT2D eigenvalue weighted by Gasteiger charge is -2.25. The van der Waals surface area contributed by atoms with Crippen LogP contribution in [0.25, 0.3) is 22.8 Å². The van der Waals surface area contributed by atoms with Crippen LogP contribution in [0.4, 0.5) is 0 Å². The Morgan fingerprint density at radius 3 is 2.51 bits per heavy atom. The van der Waals surface area contributed by atoms with E-state index in [0.29, 0.717) is 12.3 Å². The molecule has 0 radical (unpaired) electrons. The number of ketones is 1. The third-order valence-corrected chi connectivity index (χ3v) is 8.23. The highest BCUT2D eigenvalue weighted by molar-refractivity contribution is 6.25. The summed E-state index contributed by atoms with van der Waals surface area (Å²) < 4.78 is 5.75. The van der Waals surface area contributed by atoms with Gasteiger partial charge in [-0.1, -0.05) is 68.8 Å². The molecular formula is C36H45NO2. The summed E-state index contributed by atoms with van der Waals surface area (Å²) in [5.41, 5.74) is 8.85. The van der Waals surface area contributed by atoms with Crippen molar-refractivity contribution in [3.8, 4) is 16.9 Å². The van der Waals surface area contributed by atoms with Crippen molar-refractivity contribution in [2.45, 2.75) is 71.6 Å². The Hall–Kier alpha value is -3.17. The normalized spacial score (nSPS) is 16.9. The molecule has 1 unspecified atom stereocenters. The smallest absolute Gasteiger partial charge is 0.163 e. The fourth-order valence-electron chi connectivity index (χ4n) is 5.88. The van der Waals surface area contributed by atoms with Gasteiger partial charge in [0.1, 0.15) is 5.75 Å². The number of allylic oxidation sites excluding steroid dienone is 1. The van der Waals surface area contributed by atoms with Gasteiger partial charge in [-0.25, -0.2) is 0 Å². The van der Waals surface area contributed by atoms with E-state index in [4.69, 9.17) is 4.74 Å². The fourth-order valence-corrected chi connectivity index (χ4v) is 5.88. The Morgan fingerprint density at radius 1 is 1.00 bits per heavy atom. The molecule has 1 aliphatic heterocycles. The van der Waals surface area contributed by atoms with Crippen LogP contribution in [0.15, 0.2) is 60.7 Å². The molecule has 0 aliphatic carbocycles. The van der Waals surface area contributed by atoms with Gasteiger partial charge in [0.05, 0.1) is 7.11 Å². The van der Waals surface area contributed by atoms with E-state index in [9.17, 15) is 4.79 Å².